The number of methoxy groups -OCH3 is 1. The van der Waals surface area contributed by atoms with E-state index in [2.05, 4.69) is 10.1 Å². The molecule has 2 aromatic rings. The average Bonchev–Trinajstić information content (AvgIpc) is 2.61. The number of benzene rings is 2. The number of ether oxygens (including phenoxy) is 2. The van der Waals surface area contributed by atoms with Gasteiger partial charge < -0.3 is 14.8 Å². The minimum Gasteiger partial charge on any atom is -0.465 e. The number of rotatable bonds is 5. The molecule has 1 amide bonds. The molecule has 2 aromatic carbocycles. The number of para-hydroxylation sites is 1. The molecular formula is C17H14ClNO5. The van der Waals surface area contributed by atoms with Crippen LogP contribution in [0.25, 0.3) is 0 Å². The fourth-order valence-electron chi connectivity index (χ4n) is 1.82. The van der Waals surface area contributed by atoms with Gasteiger partial charge in [0.05, 0.1) is 28.9 Å². The van der Waals surface area contributed by atoms with Crippen LogP contribution in [0.1, 0.15) is 20.7 Å². The molecule has 0 heterocycles. The lowest BCUT2D eigenvalue weighted by molar-refractivity contribution is -0.119. The zero-order valence-electron chi connectivity index (χ0n) is 12.7. The second-order valence-corrected chi connectivity index (χ2v) is 5.08. The van der Waals surface area contributed by atoms with Crippen molar-refractivity contribution in [2.75, 3.05) is 19.0 Å². The van der Waals surface area contributed by atoms with Gasteiger partial charge in [-0.25, -0.2) is 9.59 Å². The molecule has 0 saturated carbocycles. The highest BCUT2D eigenvalue weighted by Crippen LogP contribution is 2.20. The number of amides is 1. The normalized spacial score (nSPS) is 9.92. The molecule has 0 aromatic heterocycles. The van der Waals surface area contributed by atoms with Gasteiger partial charge in [-0.2, -0.15) is 0 Å². The molecule has 7 heteroatoms. The summed E-state index contributed by atoms with van der Waals surface area (Å²) in [7, 11) is 1.27. The number of carbonyl (C=O) groups excluding carboxylic acids is 3. The van der Waals surface area contributed by atoms with Crippen molar-refractivity contribution in [3.63, 3.8) is 0 Å². The smallest absolute Gasteiger partial charge is 0.338 e. The Morgan fingerprint density at radius 3 is 2.12 bits per heavy atom. The van der Waals surface area contributed by atoms with Crippen LogP contribution in [0, 0.1) is 0 Å². The first-order valence-corrected chi connectivity index (χ1v) is 7.29. The highest BCUT2D eigenvalue weighted by Gasteiger charge is 2.12. The van der Waals surface area contributed by atoms with Crippen LogP contribution in [0.3, 0.4) is 0 Å². The highest BCUT2D eigenvalue weighted by atomic mass is 35.5. The predicted octanol–water partition coefficient (Wildman–Crippen LogP) is 2.92. The summed E-state index contributed by atoms with van der Waals surface area (Å²) in [5, 5.41) is 2.92. The number of hydrogen-bond acceptors (Lipinski definition) is 5. The molecule has 24 heavy (non-hydrogen) atoms. The van der Waals surface area contributed by atoms with Crippen LogP contribution >= 0.6 is 11.6 Å². The Hall–Kier alpha value is -2.86. The lowest BCUT2D eigenvalue weighted by atomic mass is 10.1. The first-order chi connectivity index (χ1) is 11.5. The van der Waals surface area contributed by atoms with Gasteiger partial charge in [-0.1, -0.05) is 23.7 Å². The average molecular weight is 348 g/mol. The van der Waals surface area contributed by atoms with E-state index in [-0.39, 0.29) is 5.56 Å². The summed E-state index contributed by atoms with van der Waals surface area (Å²) in [6.45, 7) is -0.456. The van der Waals surface area contributed by atoms with Gasteiger partial charge in [0.25, 0.3) is 5.91 Å². The third-order valence-corrected chi connectivity index (χ3v) is 3.35. The zero-order chi connectivity index (χ0) is 17.5. The fourth-order valence-corrected chi connectivity index (χ4v) is 2.01. The van der Waals surface area contributed by atoms with E-state index in [9.17, 15) is 14.4 Å². The number of halogens is 1. The maximum absolute atomic E-state index is 11.9. The summed E-state index contributed by atoms with van der Waals surface area (Å²) in [6.07, 6.45) is 0. The molecule has 0 aliphatic rings. The maximum Gasteiger partial charge on any atom is 0.338 e. The van der Waals surface area contributed by atoms with Crippen molar-refractivity contribution < 1.29 is 23.9 Å². The van der Waals surface area contributed by atoms with Gasteiger partial charge >= 0.3 is 11.9 Å². The molecule has 0 saturated heterocycles. The van der Waals surface area contributed by atoms with Gasteiger partial charge in [-0.15, -0.1) is 0 Å². The van der Waals surface area contributed by atoms with Crippen molar-refractivity contribution in [2.24, 2.45) is 0 Å². The Morgan fingerprint density at radius 2 is 1.54 bits per heavy atom. The zero-order valence-corrected chi connectivity index (χ0v) is 13.5. The summed E-state index contributed by atoms with van der Waals surface area (Å²) in [5.41, 5.74) is 0.960. The Balaban J connectivity index is 1.89. The number of hydrogen-bond donors (Lipinski definition) is 1. The van der Waals surface area contributed by atoms with E-state index in [0.717, 1.165) is 0 Å². The highest BCUT2D eigenvalue weighted by molar-refractivity contribution is 6.33. The first kappa shape index (κ1) is 17.5. The molecule has 0 spiro atoms. The third-order valence-electron chi connectivity index (χ3n) is 3.02. The Kier molecular flexibility index (Phi) is 5.92. The van der Waals surface area contributed by atoms with Crippen LogP contribution < -0.4 is 5.32 Å². The minimum absolute atomic E-state index is 0.216. The molecule has 124 valence electrons. The largest absolute Gasteiger partial charge is 0.465 e. The van der Waals surface area contributed by atoms with Crippen LogP contribution in [0.2, 0.25) is 5.02 Å². The third kappa shape index (κ3) is 4.57. The topological polar surface area (TPSA) is 81.7 Å². The summed E-state index contributed by atoms with van der Waals surface area (Å²) >= 11 is 5.92. The van der Waals surface area contributed by atoms with Crippen molar-refractivity contribution in [3.8, 4) is 0 Å². The van der Waals surface area contributed by atoms with Crippen LogP contribution in [0.15, 0.2) is 48.5 Å². The lowest BCUT2D eigenvalue weighted by Crippen LogP contribution is -2.21. The van der Waals surface area contributed by atoms with E-state index in [1.54, 1.807) is 24.3 Å². The predicted molar refractivity (Wildman–Crippen MR) is 88.1 cm³/mol. The van der Waals surface area contributed by atoms with E-state index >= 15 is 0 Å². The number of esters is 2. The van der Waals surface area contributed by atoms with Crippen molar-refractivity contribution in [3.05, 3.63) is 64.7 Å². The lowest BCUT2D eigenvalue weighted by Gasteiger charge is -2.08. The quantitative estimate of drug-likeness (QED) is 0.841. The van der Waals surface area contributed by atoms with Gasteiger partial charge in [0, 0.05) is 0 Å². The van der Waals surface area contributed by atoms with Crippen molar-refractivity contribution >= 4 is 35.1 Å². The summed E-state index contributed by atoms with van der Waals surface area (Å²) < 4.78 is 9.48. The monoisotopic (exact) mass is 347 g/mol. The standard InChI is InChI=1S/C17H14ClNO5/c1-23-16(21)11-6-8-12(9-7-11)17(22)24-10-15(20)19-14-5-3-2-4-13(14)18/h2-9H,10H2,1H3,(H,19,20). The Morgan fingerprint density at radius 1 is 0.958 bits per heavy atom. The second kappa shape index (κ2) is 8.12. The molecule has 0 atom stereocenters. The molecule has 0 fully saturated rings. The number of nitrogens with one attached hydrogen (secondary N) is 1. The summed E-state index contributed by atoms with van der Waals surface area (Å²) in [6, 6.07) is 12.4. The van der Waals surface area contributed by atoms with E-state index in [4.69, 9.17) is 16.3 Å². The molecule has 2 rings (SSSR count). The molecular weight excluding hydrogens is 334 g/mol. The SMILES string of the molecule is COC(=O)c1ccc(C(=O)OCC(=O)Nc2ccccc2Cl)cc1. The van der Waals surface area contributed by atoms with Crippen LogP contribution in [0.5, 0.6) is 0 Å². The number of carbonyl (C=O) groups is 3. The molecule has 0 unspecified atom stereocenters. The van der Waals surface area contributed by atoms with Crippen LogP contribution in [0.4, 0.5) is 5.69 Å². The van der Waals surface area contributed by atoms with Crippen LogP contribution in [-0.2, 0) is 14.3 Å². The van der Waals surface area contributed by atoms with Crippen LogP contribution in [-0.4, -0.2) is 31.6 Å². The number of anilines is 1. The fraction of sp³-hybridized carbons (Fsp3) is 0.118. The van der Waals surface area contributed by atoms with Gasteiger partial charge in [-0.05, 0) is 36.4 Å². The van der Waals surface area contributed by atoms with Crippen molar-refractivity contribution in [1.29, 1.82) is 0 Å². The molecule has 6 nitrogen and oxygen atoms in total. The second-order valence-electron chi connectivity index (χ2n) is 4.67. The Labute approximate surface area is 143 Å². The molecule has 0 radical (unpaired) electrons. The minimum atomic E-state index is -0.680. The summed E-state index contributed by atoms with van der Waals surface area (Å²) in [4.78, 5) is 35.0. The first-order valence-electron chi connectivity index (χ1n) is 6.91. The summed E-state index contributed by atoms with van der Waals surface area (Å²) in [5.74, 6) is -1.70. The van der Waals surface area contributed by atoms with Gasteiger partial charge in [-0.3, -0.25) is 4.79 Å². The Bertz CT molecular complexity index is 758. The van der Waals surface area contributed by atoms with Gasteiger partial charge in [0.15, 0.2) is 6.61 Å². The van der Waals surface area contributed by atoms with E-state index < -0.39 is 24.5 Å². The van der Waals surface area contributed by atoms with Gasteiger partial charge in [0.2, 0.25) is 0 Å². The van der Waals surface area contributed by atoms with E-state index in [1.807, 2.05) is 0 Å². The molecule has 0 aliphatic carbocycles. The van der Waals surface area contributed by atoms with Crippen molar-refractivity contribution in [1.82, 2.24) is 0 Å². The molecule has 0 bridgehead atoms. The molecule has 1 N–H and O–H groups in total. The maximum atomic E-state index is 11.9. The molecule has 0 aliphatic heterocycles. The van der Waals surface area contributed by atoms with E-state index in [1.165, 1.54) is 31.4 Å². The van der Waals surface area contributed by atoms with Gasteiger partial charge in [0.1, 0.15) is 0 Å². The van der Waals surface area contributed by atoms with E-state index in [0.29, 0.717) is 16.3 Å². The van der Waals surface area contributed by atoms with Crippen molar-refractivity contribution in [2.45, 2.75) is 0 Å².